The SMILES string of the molecule is CC[C@@H](N)C(=O)N1CCC(CC)(CC)CC1. The van der Waals surface area contributed by atoms with Crippen molar-refractivity contribution < 1.29 is 4.79 Å². The van der Waals surface area contributed by atoms with Crippen LogP contribution in [0.15, 0.2) is 0 Å². The average Bonchev–Trinajstić information content (AvgIpc) is 2.37. The van der Waals surface area contributed by atoms with Gasteiger partial charge in [-0.25, -0.2) is 0 Å². The summed E-state index contributed by atoms with van der Waals surface area (Å²) in [5.74, 6) is 0.142. The van der Waals surface area contributed by atoms with Crippen LogP contribution in [0.5, 0.6) is 0 Å². The molecule has 0 aromatic rings. The van der Waals surface area contributed by atoms with E-state index in [0.717, 1.165) is 32.4 Å². The summed E-state index contributed by atoms with van der Waals surface area (Å²) in [5, 5.41) is 0. The molecular formula is C13H26N2O. The summed E-state index contributed by atoms with van der Waals surface area (Å²) < 4.78 is 0. The van der Waals surface area contributed by atoms with Crippen LogP contribution >= 0.6 is 0 Å². The molecule has 1 atom stereocenters. The lowest BCUT2D eigenvalue weighted by Crippen LogP contribution is -2.49. The molecule has 0 unspecified atom stereocenters. The second-order valence-corrected chi connectivity index (χ2v) is 5.05. The molecule has 1 aliphatic heterocycles. The van der Waals surface area contributed by atoms with Gasteiger partial charge < -0.3 is 10.6 Å². The number of carbonyl (C=O) groups excluding carboxylic acids is 1. The van der Waals surface area contributed by atoms with Crippen molar-refractivity contribution in [1.82, 2.24) is 4.90 Å². The Kier molecular flexibility index (Phi) is 4.78. The zero-order valence-corrected chi connectivity index (χ0v) is 11.0. The average molecular weight is 226 g/mol. The Morgan fingerprint density at radius 3 is 2.12 bits per heavy atom. The van der Waals surface area contributed by atoms with E-state index in [-0.39, 0.29) is 11.9 Å². The predicted molar refractivity (Wildman–Crippen MR) is 67.1 cm³/mol. The topological polar surface area (TPSA) is 46.3 Å². The minimum absolute atomic E-state index is 0.142. The molecule has 0 radical (unpaired) electrons. The molecule has 1 aliphatic rings. The van der Waals surface area contributed by atoms with Crippen LogP contribution in [-0.2, 0) is 4.79 Å². The van der Waals surface area contributed by atoms with Crippen molar-refractivity contribution in [3.63, 3.8) is 0 Å². The number of amides is 1. The Balaban J connectivity index is 2.51. The minimum atomic E-state index is -0.296. The minimum Gasteiger partial charge on any atom is -0.341 e. The van der Waals surface area contributed by atoms with E-state index < -0.39 is 0 Å². The molecule has 3 heteroatoms. The Morgan fingerprint density at radius 1 is 1.25 bits per heavy atom. The lowest BCUT2D eigenvalue weighted by atomic mass is 9.74. The molecule has 0 aliphatic carbocycles. The van der Waals surface area contributed by atoms with E-state index in [1.165, 1.54) is 12.8 Å². The Bertz CT molecular complexity index is 226. The van der Waals surface area contributed by atoms with Gasteiger partial charge in [0, 0.05) is 13.1 Å². The molecule has 16 heavy (non-hydrogen) atoms. The van der Waals surface area contributed by atoms with Crippen LogP contribution < -0.4 is 5.73 Å². The normalized spacial score (nSPS) is 21.9. The second-order valence-electron chi connectivity index (χ2n) is 5.05. The first-order valence-corrected chi connectivity index (χ1v) is 6.63. The van der Waals surface area contributed by atoms with Gasteiger partial charge in [0.2, 0.25) is 5.91 Å². The fourth-order valence-corrected chi connectivity index (χ4v) is 2.57. The van der Waals surface area contributed by atoms with Gasteiger partial charge in [0.15, 0.2) is 0 Å². The van der Waals surface area contributed by atoms with E-state index in [1.54, 1.807) is 0 Å². The van der Waals surface area contributed by atoms with Crippen molar-refractivity contribution in [3.05, 3.63) is 0 Å². The highest BCUT2D eigenvalue weighted by Crippen LogP contribution is 2.37. The summed E-state index contributed by atoms with van der Waals surface area (Å²) in [6.45, 7) is 8.29. The van der Waals surface area contributed by atoms with E-state index in [1.807, 2.05) is 11.8 Å². The van der Waals surface area contributed by atoms with E-state index in [4.69, 9.17) is 5.73 Å². The van der Waals surface area contributed by atoms with Crippen LogP contribution in [0.4, 0.5) is 0 Å². The molecule has 0 saturated carbocycles. The summed E-state index contributed by atoms with van der Waals surface area (Å²) in [5.41, 5.74) is 6.27. The predicted octanol–water partition coefficient (Wildman–Crippen LogP) is 2.15. The molecule has 1 fully saturated rings. The highest BCUT2D eigenvalue weighted by atomic mass is 16.2. The van der Waals surface area contributed by atoms with Crippen molar-refractivity contribution >= 4 is 5.91 Å². The van der Waals surface area contributed by atoms with Crippen LogP contribution in [0, 0.1) is 5.41 Å². The zero-order chi connectivity index (χ0) is 12.2. The Hall–Kier alpha value is -0.570. The number of nitrogens with zero attached hydrogens (tertiary/aromatic N) is 1. The third-order valence-corrected chi connectivity index (χ3v) is 4.39. The number of hydrogen-bond donors (Lipinski definition) is 1. The maximum Gasteiger partial charge on any atom is 0.239 e. The largest absolute Gasteiger partial charge is 0.341 e. The number of likely N-dealkylation sites (tertiary alicyclic amines) is 1. The fraction of sp³-hybridized carbons (Fsp3) is 0.923. The second kappa shape index (κ2) is 5.67. The standard InChI is InChI=1S/C13H26N2O/c1-4-11(14)12(16)15-9-7-13(5-2,6-3)8-10-15/h11H,4-10,14H2,1-3H3/t11-/m1/s1. The highest BCUT2D eigenvalue weighted by Gasteiger charge is 2.33. The van der Waals surface area contributed by atoms with Gasteiger partial charge >= 0.3 is 0 Å². The van der Waals surface area contributed by atoms with Gasteiger partial charge in [0.25, 0.3) is 0 Å². The molecule has 94 valence electrons. The van der Waals surface area contributed by atoms with Gasteiger partial charge in [-0.15, -0.1) is 0 Å². The van der Waals surface area contributed by atoms with E-state index >= 15 is 0 Å². The number of hydrogen-bond acceptors (Lipinski definition) is 2. The summed E-state index contributed by atoms with van der Waals surface area (Å²) >= 11 is 0. The van der Waals surface area contributed by atoms with Crippen LogP contribution in [0.1, 0.15) is 52.9 Å². The van der Waals surface area contributed by atoms with Crippen molar-refractivity contribution in [3.8, 4) is 0 Å². The summed E-state index contributed by atoms with van der Waals surface area (Å²) in [4.78, 5) is 13.9. The van der Waals surface area contributed by atoms with E-state index in [2.05, 4.69) is 13.8 Å². The number of nitrogens with two attached hydrogens (primary N) is 1. The van der Waals surface area contributed by atoms with Crippen LogP contribution in [0.2, 0.25) is 0 Å². The first-order valence-electron chi connectivity index (χ1n) is 6.63. The van der Waals surface area contributed by atoms with Crippen LogP contribution in [0.25, 0.3) is 0 Å². The number of piperidine rings is 1. The van der Waals surface area contributed by atoms with Gasteiger partial charge in [0.05, 0.1) is 6.04 Å². The van der Waals surface area contributed by atoms with Gasteiger partial charge in [0.1, 0.15) is 0 Å². The molecule has 1 saturated heterocycles. The third kappa shape index (κ3) is 2.76. The Labute approximate surface area is 99.4 Å². The maximum absolute atomic E-state index is 11.9. The van der Waals surface area contributed by atoms with Crippen molar-refractivity contribution in [2.45, 2.75) is 58.9 Å². The number of rotatable bonds is 4. The first kappa shape index (κ1) is 13.5. The lowest BCUT2D eigenvalue weighted by Gasteiger charge is -2.41. The van der Waals surface area contributed by atoms with Crippen molar-refractivity contribution in [2.75, 3.05) is 13.1 Å². The summed E-state index contributed by atoms with van der Waals surface area (Å²) in [7, 11) is 0. The van der Waals surface area contributed by atoms with Gasteiger partial charge in [-0.05, 0) is 24.7 Å². The molecule has 0 bridgehead atoms. The molecule has 1 amide bonds. The van der Waals surface area contributed by atoms with E-state index in [9.17, 15) is 4.79 Å². The molecule has 3 nitrogen and oxygen atoms in total. The molecule has 1 rings (SSSR count). The van der Waals surface area contributed by atoms with E-state index in [0.29, 0.717) is 5.41 Å². The van der Waals surface area contributed by atoms with Crippen LogP contribution in [-0.4, -0.2) is 29.9 Å². The molecule has 0 aromatic heterocycles. The Morgan fingerprint density at radius 2 is 1.75 bits per heavy atom. The summed E-state index contributed by atoms with van der Waals surface area (Å²) in [6.07, 6.45) is 5.48. The third-order valence-electron chi connectivity index (χ3n) is 4.39. The highest BCUT2D eigenvalue weighted by molar-refractivity contribution is 5.81. The lowest BCUT2D eigenvalue weighted by molar-refractivity contribution is -0.135. The molecule has 0 spiro atoms. The quantitative estimate of drug-likeness (QED) is 0.798. The van der Waals surface area contributed by atoms with Gasteiger partial charge in [-0.1, -0.05) is 33.6 Å². The number of carbonyl (C=O) groups is 1. The smallest absolute Gasteiger partial charge is 0.239 e. The fourth-order valence-electron chi connectivity index (χ4n) is 2.57. The van der Waals surface area contributed by atoms with Gasteiger partial charge in [-0.3, -0.25) is 4.79 Å². The molecular weight excluding hydrogens is 200 g/mol. The van der Waals surface area contributed by atoms with Crippen molar-refractivity contribution in [1.29, 1.82) is 0 Å². The summed E-state index contributed by atoms with van der Waals surface area (Å²) in [6, 6.07) is -0.296. The van der Waals surface area contributed by atoms with Crippen molar-refractivity contribution in [2.24, 2.45) is 11.1 Å². The van der Waals surface area contributed by atoms with Crippen LogP contribution in [0.3, 0.4) is 0 Å². The molecule has 0 aromatic carbocycles. The zero-order valence-electron chi connectivity index (χ0n) is 11.0. The monoisotopic (exact) mass is 226 g/mol. The molecule has 1 heterocycles. The first-order chi connectivity index (χ1) is 7.58. The maximum atomic E-state index is 11.9. The molecule has 2 N–H and O–H groups in total. The van der Waals surface area contributed by atoms with Gasteiger partial charge in [-0.2, -0.15) is 0 Å².